The van der Waals surface area contributed by atoms with Crippen molar-refractivity contribution in [3.63, 3.8) is 0 Å². The molecule has 0 spiro atoms. The molecule has 6 heteroatoms. The fourth-order valence-electron chi connectivity index (χ4n) is 2.63. The Balaban J connectivity index is 0.000000277. The lowest BCUT2D eigenvalue weighted by atomic mass is 9.96. The molecule has 2 N–H and O–H groups in total. The quantitative estimate of drug-likeness (QED) is 0.462. The number of Topliss-reactive ketones (excluding diaryl/α,β-unsaturated/α-hetero) is 1. The van der Waals surface area contributed by atoms with Gasteiger partial charge in [-0.05, 0) is 84.7 Å². The number of aromatic carboxylic acids is 2. The molecule has 0 unspecified atom stereocenters. The summed E-state index contributed by atoms with van der Waals surface area (Å²) in [4.78, 5) is 33.1. The molecule has 0 amide bonds. The third-order valence-corrected chi connectivity index (χ3v) is 5.32. The summed E-state index contributed by atoms with van der Waals surface area (Å²) in [6, 6.07) is 6.81. The summed E-state index contributed by atoms with van der Waals surface area (Å²) in [7, 11) is 0. The minimum atomic E-state index is -0.988. The number of carbonyl (C=O) groups excluding carboxylic acids is 1. The molecule has 144 valence electrons. The molecule has 0 heterocycles. The molecule has 0 aromatic heterocycles. The fourth-order valence-corrected chi connectivity index (χ4v) is 3.10. The summed E-state index contributed by atoms with van der Waals surface area (Å²) in [6.45, 7) is 9.10. The predicted molar refractivity (Wildman–Crippen MR) is 113 cm³/mol. The van der Waals surface area contributed by atoms with Crippen molar-refractivity contribution < 1.29 is 24.6 Å². The number of hydrogen-bond donors (Lipinski definition) is 2. The summed E-state index contributed by atoms with van der Waals surface area (Å²) in [6.07, 6.45) is 0.392. The monoisotopic (exact) mass is 482 g/mol. The van der Waals surface area contributed by atoms with Gasteiger partial charge in [-0.1, -0.05) is 19.1 Å². The summed E-state index contributed by atoms with van der Waals surface area (Å²) < 4.78 is 0.996. The molecule has 0 bridgehead atoms. The van der Waals surface area contributed by atoms with E-state index in [1.807, 2.05) is 26.8 Å². The summed E-state index contributed by atoms with van der Waals surface area (Å²) in [5.74, 6) is -1.86. The van der Waals surface area contributed by atoms with Crippen LogP contribution in [0, 0.1) is 31.3 Å². The van der Waals surface area contributed by atoms with Crippen molar-refractivity contribution in [1.82, 2.24) is 0 Å². The Hall–Kier alpha value is -2.22. The van der Waals surface area contributed by atoms with Gasteiger partial charge in [0.25, 0.3) is 0 Å². The number of benzene rings is 2. The van der Waals surface area contributed by atoms with Crippen LogP contribution >= 0.6 is 22.6 Å². The van der Waals surface area contributed by atoms with E-state index in [9.17, 15) is 14.4 Å². The van der Waals surface area contributed by atoms with Crippen molar-refractivity contribution in [1.29, 1.82) is 0 Å². The van der Waals surface area contributed by atoms with Gasteiger partial charge in [-0.3, -0.25) is 4.79 Å². The molecule has 0 atom stereocenters. The smallest absolute Gasteiger partial charge is 0.335 e. The zero-order valence-electron chi connectivity index (χ0n) is 16.0. The Labute approximate surface area is 172 Å². The van der Waals surface area contributed by atoms with Crippen LogP contribution in [-0.4, -0.2) is 27.9 Å². The standard InChI is InChI=1S/C12H14O3.C9H9IO2/c1-4-11(13)9-6-10(12(14)15)8(3)5-7(9)2;1-5-3-6(2)8(10)4-7(5)9(11)12/h5-6H,4H2,1-3H3,(H,14,15);3-4H,1-2H3,(H,11,12). The zero-order valence-corrected chi connectivity index (χ0v) is 18.2. The average molecular weight is 482 g/mol. The largest absolute Gasteiger partial charge is 0.478 e. The normalized spacial score (nSPS) is 10.0. The SMILES string of the molecule is CCC(=O)c1cc(C(=O)O)c(C)cc1C.Cc1cc(C)c(C(=O)O)cc1I. The van der Waals surface area contributed by atoms with Crippen LogP contribution < -0.4 is 0 Å². The van der Waals surface area contributed by atoms with E-state index in [2.05, 4.69) is 22.6 Å². The van der Waals surface area contributed by atoms with Crippen LogP contribution in [0.2, 0.25) is 0 Å². The summed E-state index contributed by atoms with van der Waals surface area (Å²) >= 11 is 2.14. The highest BCUT2D eigenvalue weighted by atomic mass is 127. The van der Waals surface area contributed by atoms with Crippen LogP contribution in [0.1, 0.15) is 66.7 Å². The maximum atomic E-state index is 11.5. The van der Waals surface area contributed by atoms with Crippen molar-refractivity contribution in [2.75, 3.05) is 0 Å². The van der Waals surface area contributed by atoms with Crippen molar-refractivity contribution in [2.45, 2.75) is 41.0 Å². The highest BCUT2D eigenvalue weighted by molar-refractivity contribution is 14.1. The number of hydrogen-bond acceptors (Lipinski definition) is 3. The maximum absolute atomic E-state index is 11.5. The van der Waals surface area contributed by atoms with Crippen LogP contribution in [0.25, 0.3) is 0 Å². The molecule has 0 saturated carbocycles. The molecule has 0 fully saturated rings. The highest BCUT2D eigenvalue weighted by Gasteiger charge is 2.14. The van der Waals surface area contributed by atoms with Crippen molar-refractivity contribution in [3.8, 4) is 0 Å². The number of carboxylic acid groups (broad SMARTS) is 2. The van der Waals surface area contributed by atoms with E-state index >= 15 is 0 Å². The van der Waals surface area contributed by atoms with Gasteiger partial charge >= 0.3 is 11.9 Å². The lowest BCUT2D eigenvalue weighted by Gasteiger charge is -2.07. The Morgan fingerprint density at radius 3 is 1.59 bits per heavy atom. The molecule has 0 aliphatic carbocycles. The van der Waals surface area contributed by atoms with Gasteiger partial charge in [0.1, 0.15) is 0 Å². The molecule has 5 nitrogen and oxygen atoms in total. The molecular weight excluding hydrogens is 459 g/mol. The zero-order chi connectivity index (χ0) is 20.9. The van der Waals surface area contributed by atoms with Gasteiger partial charge < -0.3 is 10.2 Å². The molecule has 0 radical (unpaired) electrons. The van der Waals surface area contributed by atoms with Crippen LogP contribution in [0.4, 0.5) is 0 Å². The first kappa shape index (κ1) is 22.8. The van der Waals surface area contributed by atoms with Crippen molar-refractivity contribution in [3.05, 3.63) is 66.8 Å². The van der Waals surface area contributed by atoms with Crippen LogP contribution in [-0.2, 0) is 0 Å². The Morgan fingerprint density at radius 2 is 1.15 bits per heavy atom. The number of halogens is 1. The minimum absolute atomic E-state index is 0.0185. The van der Waals surface area contributed by atoms with E-state index in [4.69, 9.17) is 10.2 Å². The van der Waals surface area contributed by atoms with Crippen LogP contribution in [0.15, 0.2) is 24.3 Å². The fraction of sp³-hybridized carbons (Fsp3) is 0.286. The average Bonchev–Trinajstić information content (AvgIpc) is 2.57. The second-order valence-corrected chi connectivity index (χ2v) is 7.45. The van der Waals surface area contributed by atoms with E-state index in [-0.39, 0.29) is 11.3 Å². The van der Waals surface area contributed by atoms with Crippen molar-refractivity contribution in [2.24, 2.45) is 0 Å². The van der Waals surface area contributed by atoms with Gasteiger partial charge in [0.05, 0.1) is 11.1 Å². The predicted octanol–water partition coefficient (Wildman–Crippen LogP) is 5.20. The first-order valence-corrected chi connectivity index (χ1v) is 9.45. The number of aryl methyl sites for hydroxylation is 4. The molecule has 0 aliphatic rings. The van der Waals surface area contributed by atoms with E-state index < -0.39 is 11.9 Å². The van der Waals surface area contributed by atoms with E-state index in [0.717, 1.165) is 20.3 Å². The Morgan fingerprint density at radius 1 is 0.741 bits per heavy atom. The molecule has 2 aromatic rings. The van der Waals surface area contributed by atoms with E-state index in [1.165, 1.54) is 6.07 Å². The van der Waals surface area contributed by atoms with Gasteiger partial charge in [0.15, 0.2) is 5.78 Å². The Kier molecular flexibility index (Phi) is 8.15. The number of carboxylic acids is 2. The van der Waals surface area contributed by atoms with Gasteiger partial charge in [-0.2, -0.15) is 0 Å². The first-order valence-electron chi connectivity index (χ1n) is 8.37. The lowest BCUT2D eigenvalue weighted by Crippen LogP contribution is -2.06. The van der Waals surface area contributed by atoms with Gasteiger partial charge in [0.2, 0.25) is 0 Å². The molecular formula is C21H23IO5. The second-order valence-electron chi connectivity index (χ2n) is 6.29. The molecule has 2 rings (SSSR count). The second kappa shape index (κ2) is 9.64. The lowest BCUT2D eigenvalue weighted by molar-refractivity contribution is 0.0685. The molecule has 0 saturated heterocycles. The number of rotatable bonds is 4. The maximum Gasteiger partial charge on any atom is 0.335 e. The molecule has 0 aliphatic heterocycles. The number of carbonyl (C=O) groups is 3. The molecule has 27 heavy (non-hydrogen) atoms. The van der Waals surface area contributed by atoms with Gasteiger partial charge in [-0.25, -0.2) is 9.59 Å². The van der Waals surface area contributed by atoms with E-state index in [1.54, 1.807) is 26.0 Å². The van der Waals surface area contributed by atoms with Crippen LogP contribution in [0.5, 0.6) is 0 Å². The highest BCUT2D eigenvalue weighted by Crippen LogP contribution is 2.18. The van der Waals surface area contributed by atoms with E-state index in [0.29, 0.717) is 23.1 Å². The molecule has 2 aromatic carbocycles. The van der Waals surface area contributed by atoms with Crippen molar-refractivity contribution >= 4 is 40.3 Å². The van der Waals surface area contributed by atoms with Crippen LogP contribution in [0.3, 0.4) is 0 Å². The topological polar surface area (TPSA) is 91.7 Å². The van der Waals surface area contributed by atoms with Gasteiger partial charge in [-0.15, -0.1) is 0 Å². The van der Waals surface area contributed by atoms with Gasteiger partial charge in [0, 0.05) is 15.6 Å². The summed E-state index contributed by atoms with van der Waals surface area (Å²) in [5, 5.41) is 17.7. The third kappa shape index (κ3) is 5.89. The summed E-state index contributed by atoms with van der Waals surface area (Å²) in [5.41, 5.74) is 4.58. The minimum Gasteiger partial charge on any atom is -0.478 e. The first-order chi connectivity index (χ1) is 12.5. The third-order valence-electron chi connectivity index (χ3n) is 4.16. The Bertz CT molecular complexity index is 900. The number of ketones is 1.